The summed E-state index contributed by atoms with van der Waals surface area (Å²) in [4.78, 5) is 12.1. The molecule has 1 aliphatic carbocycles. The lowest BCUT2D eigenvalue weighted by atomic mass is 9.96. The summed E-state index contributed by atoms with van der Waals surface area (Å²) in [7, 11) is -3.58. The normalized spacial score (nSPS) is 15.1. The van der Waals surface area contributed by atoms with Crippen LogP contribution < -0.4 is 14.8 Å². The van der Waals surface area contributed by atoms with Gasteiger partial charge in [0.15, 0.2) is 6.61 Å². The Hall–Kier alpha value is -2.16. The molecule has 3 rings (SSSR count). The molecule has 9 heteroatoms. The molecule has 29 heavy (non-hydrogen) atoms. The zero-order valence-electron chi connectivity index (χ0n) is 15.7. The standard InChI is InChI=1S/C20H22ClFN2O4S/c21-18-12-15(6-11-19(18)22)23-20(25)13-28-16-7-9-17(10-8-16)29(26,27)24-14-4-2-1-3-5-14/h6-12,14,24H,1-5,13H2,(H,23,25). The van der Waals surface area contributed by atoms with E-state index in [2.05, 4.69) is 10.0 Å². The molecule has 0 bridgehead atoms. The van der Waals surface area contributed by atoms with E-state index in [-0.39, 0.29) is 22.6 Å². The minimum Gasteiger partial charge on any atom is -0.484 e. The number of hydrogen-bond donors (Lipinski definition) is 2. The molecule has 2 N–H and O–H groups in total. The number of benzene rings is 2. The van der Waals surface area contributed by atoms with Gasteiger partial charge in [-0.15, -0.1) is 0 Å². The number of rotatable bonds is 7. The second kappa shape index (κ2) is 9.56. The molecule has 2 aromatic rings. The monoisotopic (exact) mass is 440 g/mol. The van der Waals surface area contributed by atoms with E-state index >= 15 is 0 Å². The van der Waals surface area contributed by atoms with Crippen molar-refractivity contribution in [3.63, 3.8) is 0 Å². The van der Waals surface area contributed by atoms with E-state index in [1.54, 1.807) is 0 Å². The van der Waals surface area contributed by atoms with E-state index in [0.717, 1.165) is 38.2 Å². The molecule has 0 radical (unpaired) electrons. The van der Waals surface area contributed by atoms with Crippen LogP contribution in [0.1, 0.15) is 32.1 Å². The van der Waals surface area contributed by atoms with Gasteiger partial charge in [-0.25, -0.2) is 17.5 Å². The minimum atomic E-state index is -3.58. The van der Waals surface area contributed by atoms with Crippen LogP contribution in [-0.2, 0) is 14.8 Å². The van der Waals surface area contributed by atoms with Gasteiger partial charge in [-0.1, -0.05) is 30.9 Å². The van der Waals surface area contributed by atoms with Crippen molar-refractivity contribution in [3.8, 4) is 5.75 Å². The molecule has 1 fully saturated rings. The summed E-state index contributed by atoms with van der Waals surface area (Å²) in [5.74, 6) is -0.675. The van der Waals surface area contributed by atoms with Crippen molar-refractivity contribution in [1.82, 2.24) is 4.72 Å². The van der Waals surface area contributed by atoms with Gasteiger partial charge in [-0.2, -0.15) is 0 Å². The smallest absolute Gasteiger partial charge is 0.262 e. The molecule has 0 aromatic heterocycles. The Morgan fingerprint density at radius 1 is 1.10 bits per heavy atom. The van der Waals surface area contributed by atoms with E-state index in [9.17, 15) is 17.6 Å². The largest absolute Gasteiger partial charge is 0.484 e. The third-order valence-electron chi connectivity index (χ3n) is 4.63. The second-order valence-corrected chi connectivity index (χ2v) is 9.01. The van der Waals surface area contributed by atoms with Crippen LogP contribution in [0.2, 0.25) is 5.02 Å². The van der Waals surface area contributed by atoms with Gasteiger partial charge < -0.3 is 10.1 Å². The summed E-state index contributed by atoms with van der Waals surface area (Å²) < 4.78 is 46.2. The predicted molar refractivity (Wildman–Crippen MR) is 109 cm³/mol. The van der Waals surface area contributed by atoms with Crippen molar-refractivity contribution >= 4 is 33.2 Å². The summed E-state index contributed by atoms with van der Waals surface area (Å²) in [6.07, 6.45) is 4.92. The Morgan fingerprint density at radius 2 is 1.79 bits per heavy atom. The van der Waals surface area contributed by atoms with E-state index in [0.29, 0.717) is 11.4 Å². The lowest BCUT2D eigenvalue weighted by Gasteiger charge is -2.22. The van der Waals surface area contributed by atoms with Gasteiger partial charge in [0.2, 0.25) is 10.0 Å². The third-order valence-corrected chi connectivity index (χ3v) is 6.46. The Labute approximate surface area is 174 Å². The fourth-order valence-corrected chi connectivity index (χ4v) is 4.63. The number of amides is 1. The number of nitrogens with one attached hydrogen (secondary N) is 2. The van der Waals surface area contributed by atoms with Gasteiger partial charge in [0.05, 0.1) is 9.92 Å². The average molecular weight is 441 g/mol. The van der Waals surface area contributed by atoms with Crippen LogP contribution in [0, 0.1) is 5.82 Å². The molecule has 0 aliphatic heterocycles. The van der Waals surface area contributed by atoms with Crippen LogP contribution in [0.3, 0.4) is 0 Å². The topological polar surface area (TPSA) is 84.5 Å². The van der Waals surface area contributed by atoms with E-state index in [1.165, 1.54) is 36.4 Å². The van der Waals surface area contributed by atoms with Gasteiger partial charge in [0.25, 0.3) is 5.91 Å². The SMILES string of the molecule is O=C(COc1ccc(S(=O)(=O)NC2CCCCC2)cc1)Nc1ccc(F)c(Cl)c1. The Balaban J connectivity index is 1.53. The van der Waals surface area contributed by atoms with Gasteiger partial charge >= 0.3 is 0 Å². The van der Waals surface area contributed by atoms with Crippen LogP contribution in [0.5, 0.6) is 5.75 Å². The summed E-state index contributed by atoms with van der Waals surface area (Å²) >= 11 is 5.67. The molecule has 156 valence electrons. The van der Waals surface area contributed by atoms with Crippen LogP contribution >= 0.6 is 11.6 Å². The van der Waals surface area contributed by atoms with Crippen LogP contribution in [0.25, 0.3) is 0 Å². The second-order valence-electron chi connectivity index (χ2n) is 6.89. The molecule has 2 aromatic carbocycles. The van der Waals surface area contributed by atoms with Gasteiger partial charge in [-0.3, -0.25) is 4.79 Å². The molecular formula is C20H22ClFN2O4S. The fraction of sp³-hybridized carbons (Fsp3) is 0.350. The van der Waals surface area contributed by atoms with E-state index in [4.69, 9.17) is 16.3 Å². The number of anilines is 1. The summed E-state index contributed by atoms with van der Waals surface area (Å²) in [6, 6.07) is 9.70. The van der Waals surface area contributed by atoms with Crippen molar-refractivity contribution in [2.45, 2.75) is 43.0 Å². The highest BCUT2D eigenvalue weighted by atomic mass is 35.5. The molecular weight excluding hydrogens is 419 g/mol. The Morgan fingerprint density at radius 3 is 2.45 bits per heavy atom. The number of ether oxygens (including phenoxy) is 1. The van der Waals surface area contributed by atoms with Crippen molar-refractivity contribution < 1.29 is 22.3 Å². The number of hydrogen-bond acceptors (Lipinski definition) is 4. The average Bonchev–Trinajstić information content (AvgIpc) is 2.70. The highest BCUT2D eigenvalue weighted by molar-refractivity contribution is 7.89. The lowest BCUT2D eigenvalue weighted by Crippen LogP contribution is -2.36. The quantitative estimate of drug-likeness (QED) is 0.678. The van der Waals surface area contributed by atoms with Crippen molar-refractivity contribution in [3.05, 3.63) is 53.3 Å². The predicted octanol–water partition coefficient (Wildman–Crippen LogP) is 4.11. The van der Waals surface area contributed by atoms with Crippen LogP contribution in [0.15, 0.2) is 47.4 Å². The fourth-order valence-electron chi connectivity index (χ4n) is 3.14. The van der Waals surface area contributed by atoms with Gasteiger partial charge in [0.1, 0.15) is 11.6 Å². The summed E-state index contributed by atoms with van der Waals surface area (Å²) in [6.45, 7) is -0.290. The summed E-state index contributed by atoms with van der Waals surface area (Å²) in [5.41, 5.74) is 0.347. The first-order valence-electron chi connectivity index (χ1n) is 9.33. The van der Waals surface area contributed by atoms with Crippen molar-refractivity contribution in [2.24, 2.45) is 0 Å². The Kier molecular flexibility index (Phi) is 7.10. The minimum absolute atomic E-state index is 0.0201. The molecule has 1 amide bonds. The molecule has 0 unspecified atom stereocenters. The van der Waals surface area contributed by atoms with Crippen LogP contribution in [0.4, 0.5) is 10.1 Å². The Bertz CT molecular complexity index is 961. The molecule has 0 heterocycles. The lowest BCUT2D eigenvalue weighted by molar-refractivity contribution is -0.118. The zero-order chi connectivity index (χ0) is 20.9. The molecule has 1 saturated carbocycles. The molecule has 0 saturated heterocycles. The van der Waals surface area contributed by atoms with Gasteiger partial charge in [-0.05, 0) is 55.3 Å². The van der Waals surface area contributed by atoms with Gasteiger partial charge in [0, 0.05) is 11.7 Å². The molecule has 0 spiro atoms. The maximum atomic E-state index is 13.1. The van der Waals surface area contributed by atoms with Crippen LogP contribution in [-0.4, -0.2) is 27.0 Å². The highest BCUT2D eigenvalue weighted by Gasteiger charge is 2.21. The third kappa shape index (κ3) is 6.16. The number of halogens is 2. The first-order chi connectivity index (χ1) is 13.8. The molecule has 1 aliphatic rings. The number of carbonyl (C=O) groups excluding carboxylic acids is 1. The first kappa shape index (κ1) is 21.5. The number of sulfonamides is 1. The maximum Gasteiger partial charge on any atom is 0.262 e. The first-order valence-corrected chi connectivity index (χ1v) is 11.2. The molecule has 6 nitrogen and oxygen atoms in total. The van der Waals surface area contributed by atoms with Crippen molar-refractivity contribution in [2.75, 3.05) is 11.9 Å². The molecule has 0 atom stereocenters. The summed E-state index contributed by atoms with van der Waals surface area (Å²) in [5, 5.41) is 2.45. The number of carbonyl (C=O) groups is 1. The van der Waals surface area contributed by atoms with E-state index in [1.807, 2.05) is 0 Å². The highest BCUT2D eigenvalue weighted by Crippen LogP contribution is 2.22. The van der Waals surface area contributed by atoms with Crippen molar-refractivity contribution in [1.29, 1.82) is 0 Å². The zero-order valence-corrected chi connectivity index (χ0v) is 17.2. The van der Waals surface area contributed by atoms with E-state index < -0.39 is 21.7 Å². The maximum absolute atomic E-state index is 13.1.